The summed E-state index contributed by atoms with van der Waals surface area (Å²) in [6.45, 7) is 0. The van der Waals surface area contributed by atoms with Gasteiger partial charge in [0.05, 0.1) is 4.90 Å². The zero-order valence-electron chi connectivity index (χ0n) is 5.24. The number of benzene rings is 1. The second-order valence-corrected chi connectivity index (χ2v) is 2.52. The Balaban J connectivity index is 3.09. The summed E-state index contributed by atoms with van der Waals surface area (Å²) >= 11 is 1.15. The SMILES string of the molecule is [CH2]Sc1cc(O)ccc1O. The third-order valence-electron chi connectivity index (χ3n) is 1.10. The molecule has 0 fully saturated rings. The van der Waals surface area contributed by atoms with Gasteiger partial charge in [0.1, 0.15) is 11.5 Å². The fraction of sp³-hybridized carbons (Fsp3) is 0. The summed E-state index contributed by atoms with van der Waals surface area (Å²) in [5.74, 6) is 0.293. The van der Waals surface area contributed by atoms with E-state index in [4.69, 9.17) is 10.2 Å². The largest absolute Gasteiger partial charge is 0.508 e. The summed E-state index contributed by atoms with van der Waals surface area (Å²) in [6.07, 6.45) is 3.50. The summed E-state index contributed by atoms with van der Waals surface area (Å²) < 4.78 is 0. The van der Waals surface area contributed by atoms with Crippen LogP contribution in [0, 0.1) is 6.26 Å². The second-order valence-electron chi connectivity index (χ2n) is 1.80. The Labute approximate surface area is 63.5 Å². The minimum Gasteiger partial charge on any atom is -0.508 e. The first-order valence-corrected chi connectivity index (χ1v) is 3.66. The third kappa shape index (κ3) is 1.36. The van der Waals surface area contributed by atoms with Gasteiger partial charge in [-0.25, -0.2) is 0 Å². The van der Waals surface area contributed by atoms with Crippen LogP contribution in [-0.4, -0.2) is 10.2 Å². The lowest BCUT2D eigenvalue weighted by Gasteiger charge is -1.99. The Hall–Kier alpha value is -0.830. The molecule has 0 unspecified atom stereocenters. The van der Waals surface area contributed by atoms with Gasteiger partial charge in [-0.15, -0.1) is 11.8 Å². The lowest BCUT2D eigenvalue weighted by atomic mass is 10.3. The molecule has 0 heterocycles. The van der Waals surface area contributed by atoms with Crippen LogP contribution in [0.3, 0.4) is 0 Å². The molecule has 0 saturated carbocycles. The van der Waals surface area contributed by atoms with E-state index in [1.165, 1.54) is 18.2 Å². The molecular formula is C7H7O2S. The van der Waals surface area contributed by atoms with Gasteiger partial charge in [0, 0.05) is 6.26 Å². The van der Waals surface area contributed by atoms with Crippen molar-refractivity contribution in [2.75, 3.05) is 0 Å². The smallest absolute Gasteiger partial charge is 0.129 e. The summed E-state index contributed by atoms with van der Waals surface area (Å²) in [5.41, 5.74) is 0. The topological polar surface area (TPSA) is 40.5 Å². The van der Waals surface area contributed by atoms with Gasteiger partial charge in [0.15, 0.2) is 0 Å². The van der Waals surface area contributed by atoms with Crippen molar-refractivity contribution in [1.82, 2.24) is 0 Å². The Morgan fingerprint density at radius 1 is 1.30 bits per heavy atom. The number of rotatable bonds is 1. The summed E-state index contributed by atoms with van der Waals surface area (Å²) in [5, 5.41) is 18.0. The maximum atomic E-state index is 9.06. The van der Waals surface area contributed by atoms with Crippen LogP contribution in [0.25, 0.3) is 0 Å². The van der Waals surface area contributed by atoms with E-state index in [0.29, 0.717) is 4.90 Å². The number of hydrogen-bond acceptors (Lipinski definition) is 3. The van der Waals surface area contributed by atoms with E-state index in [9.17, 15) is 0 Å². The van der Waals surface area contributed by atoms with Gasteiger partial charge in [0.25, 0.3) is 0 Å². The van der Waals surface area contributed by atoms with Gasteiger partial charge in [-0.1, -0.05) is 0 Å². The molecule has 0 bridgehead atoms. The molecule has 0 saturated heterocycles. The molecule has 0 atom stereocenters. The van der Waals surface area contributed by atoms with E-state index in [1.807, 2.05) is 0 Å². The highest BCUT2D eigenvalue weighted by molar-refractivity contribution is 8.00. The van der Waals surface area contributed by atoms with Gasteiger partial charge < -0.3 is 10.2 Å². The zero-order valence-corrected chi connectivity index (χ0v) is 6.06. The van der Waals surface area contributed by atoms with Crippen LogP contribution in [0.5, 0.6) is 11.5 Å². The lowest BCUT2D eigenvalue weighted by molar-refractivity contribution is 0.449. The van der Waals surface area contributed by atoms with Crippen molar-refractivity contribution < 1.29 is 10.2 Å². The van der Waals surface area contributed by atoms with Gasteiger partial charge in [-0.2, -0.15) is 0 Å². The molecular weight excluding hydrogens is 148 g/mol. The highest BCUT2D eigenvalue weighted by Crippen LogP contribution is 2.30. The maximum Gasteiger partial charge on any atom is 0.129 e. The Bertz CT molecular complexity index is 235. The fourth-order valence-corrected chi connectivity index (χ4v) is 1.04. The van der Waals surface area contributed by atoms with Crippen LogP contribution in [-0.2, 0) is 0 Å². The van der Waals surface area contributed by atoms with E-state index < -0.39 is 0 Å². The van der Waals surface area contributed by atoms with Crippen LogP contribution in [0.1, 0.15) is 0 Å². The quantitative estimate of drug-likeness (QED) is 0.481. The minimum atomic E-state index is 0.143. The fourth-order valence-electron chi connectivity index (χ4n) is 0.618. The first kappa shape index (κ1) is 7.28. The van der Waals surface area contributed by atoms with Gasteiger partial charge in [-0.3, -0.25) is 0 Å². The molecule has 2 nitrogen and oxygen atoms in total. The van der Waals surface area contributed by atoms with Crippen molar-refractivity contribution in [3.63, 3.8) is 0 Å². The maximum absolute atomic E-state index is 9.06. The lowest BCUT2D eigenvalue weighted by Crippen LogP contribution is -1.70. The first-order valence-electron chi connectivity index (χ1n) is 2.68. The third-order valence-corrected chi connectivity index (χ3v) is 1.74. The van der Waals surface area contributed by atoms with Crippen molar-refractivity contribution >= 4 is 11.8 Å². The number of phenols is 2. The highest BCUT2D eigenvalue weighted by atomic mass is 32.2. The molecule has 0 amide bonds. The molecule has 0 aliphatic rings. The molecule has 1 rings (SSSR count). The summed E-state index contributed by atoms with van der Waals surface area (Å²) in [6, 6.07) is 4.32. The number of hydrogen-bond donors (Lipinski definition) is 2. The van der Waals surface area contributed by atoms with E-state index in [0.717, 1.165) is 11.8 Å². The Morgan fingerprint density at radius 3 is 2.50 bits per heavy atom. The molecule has 0 aliphatic heterocycles. The van der Waals surface area contributed by atoms with Crippen molar-refractivity contribution in [1.29, 1.82) is 0 Å². The molecule has 10 heavy (non-hydrogen) atoms. The normalized spacial score (nSPS) is 9.70. The van der Waals surface area contributed by atoms with Crippen molar-refractivity contribution in [2.45, 2.75) is 4.90 Å². The van der Waals surface area contributed by atoms with Gasteiger partial charge >= 0.3 is 0 Å². The van der Waals surface area contributed by atoms with Crippen LogP contribution in [0.2, 0.25) is 0 Å². The first-order chi connectivity index (χ1) is 4.74. The van der Waals surface area contributed by atoms with Gasteiger partial charge in [0.2, 0.25) is 0 Å². The molecule has 2 N–H and O–H groups in total. The Kier molecular flexibility index (Phi) is 2.06. The monoisotopic (exact) mass is 155 g/mol. The molecule has 1 radical (unpaired) electrons. The van der Waals surface area contributed by atoms with Crippen LogP contribution >= 0.6 is 11.8 Å². The molecule has 1 aromatic carbocycles. The predicted molar refractivity (Wildman–Crippen MR) is 41.0 cm³/mol. The average Bonchev–Trinajstić information content (AvgIpc) is 1.94. The number of phenolic OH excluding ortho intramolecular Hbond substituents is 2. The highest BCUT2D eigenvalue weighted by Gasteiger charge is 1.98. The molecule has 0 aromatic heterocycles. The number of aromatic hydroxyl groups is 2. The van der Waals surface area contributed by atoms with E-state index in [2.05, 4.69) is 6.26 Å². The van der Waals surface area contributed by atoms with Crippen molar-refractivity contribution in [3.05, 3.63) is 24.5 Å². The molecule has 53 valence electrons. The summed E-state index contributed by atoms with van der Waals surface area (Å²) in [4.78, 5) is 0.583. The van der Waals surface area contributed by atoms with E-state index >= 15 is 0 Å². The zero-order chi connectivity index (χ0) is 7.56. The minimum absolute atomic E-state index is 0.143. The molecule has 3 heteroatoms. The summed E-state index contributed by atoms with van der Waals surface area (Å²) in [7, 11) is 0. The van der Waals surface area contributed by atoms with Crippen LogP contribution in [0.15, 0.2) is 23.1 Å². The van der Waals surface area contributed by atoms with E-state index in [1.54, 1.807) is 0 Å². The second kappa shape index (κ2) is 2.84. The molecule has 1 aromatic rings. The van der Waals surface area contributed by atoms with Crippen molar-refractivity contribution in [2.24, 2.45) is 0 Å². The standard InChI is InChI=1S/C7H7O2S/c1-10-7-4-5(8)2-3-6(7)9/h2-4,8-9H,1H2. The number of thioether (sulfide) groups is 1. The van der Waals surface area contributed by atoms with Crippen molar-refractivity contribution in [3.8, 4) is 11.5 Å². The average molecular weight is 155 g/mol. The van der Waals surface area contributed by atoms with E-state index in [-0.39, 0.29) is 11.5 Å². The predicted octanol–water partition coefficient (Wildman–Crippen LogP) is 1.98. The van der Waals surface area contributed by atoms with Crippen LogP contribution < -0.4 is 0 Å². The van der Waals surface area contributed by atoms with Crippen LogP contribution in [0.4, 0.5) is 0 Å². The Morgan fingerprint density at radius 2 is 2.00 bits per heavy atom. The molecule has 0 aliphatic carbocycles. The van der Waals surface area contributed by atoms with Gasteiger partial charge in [-0.05, 0) is 18.2 Å². The molecule has 0 spiro atoms.